The maximum Gasteiger partial charge on any atom is 0.243 e. The van der Waals surface area contributed by atoms with E-state index in [0.29, 0.717) is 10.8 Å². The van der Waals surface area contributed by atoms with Gasteiger partial charge in [-0.3, -0.25) is 9.59 Å². The Labute approximate surface area is 206 Å². The van der Waals surface area contributed by atoms with Gasteiger partial charge in [-0.15, -0.1) is 0 Å². The molecule has 0 aliphatic heterocycles. The van der Waals surface area contributed by atoms with Crippen LogP contribution in [0.15, 0.2) is 53.4 Å². The summed E-state index contributed by atoms with van der Waals surface area (Å²) in [4.78, 5) is 27.6. The Bertz CT molecular complexity index is 1100. The Balaban J connectivity index is 2.29. The number of sulfonamides is 1. The number of hydrogen-bond acceptors (Lipinski definition) is 5. The lowest BCUT2D eigenvalue weighted by molar-refractivity contribution is -0.141. The zero-order valence-corrected chi connectivity index (χ0v) is 21.9. The van der Waals surface area contributed by atoms with Gasteiger partial charge in [0.25, 0.3) is 0 Å². The first kappa shape index (κ1) is 27.6. The van der Waals surface area contributed by atoms with Gasteiger partial charge >= 0.3 is 0 Å². The maximum atomic E-state index is 13.3. The van der Waals surface area contributed by atoms with E-state index in [1.54, 1.807) is 38.3 Å². The van der Waals surface area contributed by atoms with Crippen molar-refractivity contribution < 1.29 is 22.7 Å². The van der Waals surface area contributed by atoms with Crippen LogP contribution < -0.4 is 10.1 Å². The molecule has 2 amide bonds. The minimum atomic E-state index is -3.93. The molecule has 8 nitrogen and oxygen atoms in total. The number of carbonyl (C=O) groups is 2. The Kier molecular flexibility index (Phi) is 9.10. The number of amides is 2. The van der Waals surface area contributed by atoms with Crippen molar-refractivity contribution in [3.63, 3.8) is 0 Å². The Hall–Kier alpha value is -2.62. The van der Waals surface area contributed by atoms with Crippen molar-refractivity contribution in [1.29, 1.82) is 0 Å². The molecule has 1 N–H and O–H groups in total. The second-order valence-corrected chi connectivity index (χ2v) is 11.5. The maximum absolute atomic E-state index is 13.3. The summed E-state index contributed by atoms with van der Waals surface area (Å²) in [5, 5.41) is 3.28. The Morgan fingerprint density at radius 1 is 1.06 bits per heavy atom. The van der Waals surface area contributed by atoms with Gasteiger partial charge in [0, 0.05) is 24.2 Å². The fourth-order valence-electron chi connectivity index (χ4n) is 3.14. The number of rotatable bonds is 9. The zero-order chi connectivity index (χ0) is 25.7. The minimum absolute atomic E-state index is 0.0208. The molecular weight excluding hydrogens is 478 g/mol. The van der Waals surface area contributed by atoms with Gasteiger partial charge in [0.05, 0.1) is 18.6 Å². The van der Waals surface area contributed by atoms with Crippen LogP contribution in [0.3, 0.4) is 0 Å². The van der Waals surface area contributed by atoms with Crippen molar-refractivity contribution in [2.24, 2.45) is 0 Å². The molecule has 2 aromatic rings. The molecule has 0 bridgehead atoms. The van der Waals surface area contributed by atoms with E-state index in [0.717, 1.165) is 9.87 Å². The van der Waals surface area contributed by atoms with E-state index in [-0.39, 0.29) is 17.3 Å². The van der Waals surface area contributed by atoms with E-state index in [9.17, 15) is 18.0 Å². The number of methoxy groups -OCH3 is 1. The van der Waals surface area contributed by atoms with Crippen LogP contribution >= 0.6 is 11.6 Å². The van der Waals surface area contributed by atoms with Crippen LogP contribution in [0.4, 0.5) is 0 Å². The molecule has 0 heterocycles. The third-order valence-electron chi connectivity index (χ3n) is 5.06. The van der Waals surface area contributed by atoms with E-state index in [1.807, 2.05) is 20.8 Å². The normalized spacial score (nSPS) is 12.8. The number of hydrogen-bond donors (Lipinski definition) is 1. The second kappa shape index (κ2) is 11.2. The molecular formula is C24H32ClN3O5S. The van der Waals surface area contributed by atoms with Crippen LogP contribution in [0, 0.1) is 0 Å². The van der Waals surface area contributed by atoms with Gasteiger partial charge in [-0.25, -0.2) is 8.42 Å². The summed E-state index contributed by atoms with van der Waals surface area (Å²) in [6.45, 7) is 6.85. The monoisotopic (exact) mass is 509 g/mol. The van der Waals surface area contributed by atoms with Gasteiger partial charge in [-0.2, -0.15) is 4.31 Å². The van der Waals surface area contributed by atoms with E-state index in [2.05, 4.69) is 5.32 Å². The van der Waals surface area contributed by atoms with E-state index >= 15 is 0 Å². The van der Waals surface area contributed by atoms with E-state index in [1.165, 1.54) is 36.2 Å². The fraction of sp³-hybridized carbons (Fsp3) is 0.417. The lowest BCUT2D eigenvalue weighted by Crippen LogP contribution is -2.54. The number of nitrogens with zero attached hydrogens (tertiary/aromatic N) is 2. The van der Waals surface area contributed by atoms with Crippen LogP contribution in [0.25, 0.3) is 0 Å². The standard InChI is InChI=1S/C24H32ClN3O5S/c1-17(23(30)26-24(2,3)4)28(15-18-7-11-20(33-6)12-8-18)22(29)16-27(5)34(31,32)21-13-9-19(25)10-14-21/h7-14,17H,15-16H2,1-6H3,(H,26,30)/t17-/m1/s1. The summed E-state index contributed by atoms with van der Waals surface area (Å²) in [7, 11) is -1.05. The lowest BCUT2D eigenvalue weighted by atomic mass is 10.1. The molecule has 2 aromatic carbocycles. The molecule has 0 aromatic heterocycles. The Morgan fingerprint density at radius 2 is 1.62 bits per heavy atom. The lowest BCUT2D eigenvalue weighted by Gasteiger charge is -2.32. The van der Waals surface area contributed by atoms with Crippen molar-refractivity contribution in [3.8, 4) is 5.75 Å². The average Bonchev–Trinajstić information content (AvgIpc) is 2.76. The molecule has 0 aliphatic carbocycles. The molecule has 0 saturated heterocycles. The molecule has 0 fully saturated rings. The van der Waals surface area contributed by atoms with E-state index in [4.69, 9.17) is 16.3 Å². The first-order valence-corrected chi connectivity index (χ1v) is 12.5. The highest BCUT2D eigenvalue weighted by atomic mass is 35.5. The van der Waals surface area contributed by atoms with Crippen LogP contribution in [-0.2, 0) is 26.2 Å². The third-order valence-corrected chi connectivity index (χ3v) is 7.13. The van der Waals surface area contributed by atoms with Crippen LogP contribution in [0.1, 0.15) is 33.3 Å². The van der Waals surface area contributed by atoms with E-state index < -0.39 is 34.1 Å². The summed E-state index contributed by atoms with van der Waals surface area (Å²) >= 11 is 5.86. The first-order valence-electron chi connectivity index (χ1n) is 10.7. The van der Waals surface area contributed by atoms with Gasteiger partial charge in [0.15, 0.2) is 0 Å². The highest BCUT2D eigenvalue weighted by Crippen LogP contribution is 2.19. The third kappa shape index (κ3) is 7.44. The molecule has 0 radical (unpaired) electrons. The largest absolute Gasteiger partial charge is 0.497 e. The molecule has 0 saturated carbocycles. The number of ether oxygens (including phenoxy) is 1. The first-order chi connectivity index (χ1) is 15.7. The molecule has 186 valence electrons. The summed E-state index contributed by atoms with van der Waals surface area (Å²) in [5.41, 5.74) is 0.280. The molecule has 0 spiro atoms. The summed E-state index contributed by atoms with van der Waals surface area (Å²) < 4.78 is 32.0. The number of carbonyl (C=O) groups excluding carboxylic acids is 2. The van der Waals surface area contributed by atoms with Crippen LogP contribution in [0.5, 0.6) is 5.75 Å². The van der Waals surface area contributed by atoms with Crippen molar-refractivity contribution in [3.05, 3.63) is 59.1 Å². The van der Waals surface area contributed by atoms with Crippen LogP contribution in [0.2, 0.25) is 5.02 Å². The number of nitrogens with one attached hydrogen (secondary N) is 1. The van der Waals surface area contributed by atoms with Crippen molar-refractivity contribution in [2.45, 2.75) is 50.7 Å². The van der Waals surface area contributed by atoms with Gasteiger partial charge in [-0.05, 0) is 69.7 Å². The average molecular weight is 510 g/mol. The predicted octanol–water partition coefficient (Wildman–Crippen LogP) is 3.30. The smallest absolute Gasteiger partial charge is 0.243 e. The van der Waals surface area contributed by atoms with Gasteiger partial charge in [0.2, 0.25) is 21.8 Å². The van der Waals surface area contributed by atoms with Crippen molar-refractivity contribution >= 4 is 33.4 Å². The second-order valence-electron chi connectivity index (χ2n) is 9.00. The van der Waals surface area contributed by atoms with Gasteiger partial charge in [0.1, 0.15) is 11.8 Å². The molecule has 2 rings (SSSR count). The topological polar surface area (TPSA) is 96.0 Å². The minimum Gasteiger partial charge on any atom is -0.497 e. The Morgan fingerprint density at radius 3 is 2.12 bits per heavy atom. The fourth-order valence-corrected chi connectivity index (χ4v) is 4.38. The number of likely N-dealkylation sites (N-methyl/N-ethyl adjacent to an activating group) is 1. The zero-order valence-electron chi connectivity index (χ0n) is 20.3. The van der Waals surface area contributed by atoms with Crippen molar-refractivity contribution in [2.75, 3.05) is 20.7 Å². The number of benzene rings is 2. The van der Waals surface area contributed by atoms with Crippen LogP contribution in [-0.4, -0.2) is 61.7 Å². The van der Waals surface area contributed by atoms with Crippen molar-refractivity contribution in [1.82, 2.24) is 14.5 Å². The molecule has 10 heteroatoms. The predicted molar refractivity (Wildman–Crippen MR) is 132 cm³/mol. The highest BCUT2D eigenvalue weighted by Gasteiger charge is 2.31. The molecule has 0 unspecified atom stereocenters. The van der Waals surface area contributed by atoms with Gasteiger partial charge in [-0.1, -0.05) is 23.7 Å². The molecule has 0 aliphatic rings. The van der Waals surface area contributed by atoms with Gasteiger partial charge < -0.3 is 15.0 Å². The number of halogens is 1. The SMILES string of the molecule is COc1ccc(CN(C(=O)CN(C)S(=O)(=O)c2ccc(Cl)cc2)[C@H](C)C(=O)NC(C)(C)C)cc1. The molecule has 34 heavy (non-hydrogen) atoms. The summed E-state index contributed by atoms with van der Waals surface area (Å²) in [6.07, 6.45) is 0. The quantitative estimate of drug-likeness (QED) is 0.559. The highest BCUT2D eigenvalue weighted by molar-refractivity contribution is 7.89. The summed E-state index contributed by atoms with van der Waals surface area (Å²) in [5.74, 6) is -0.182. The molecule has 1 atom stereocenters. The summed E-state index contributed by atoms with van der Waals surface area (Å²) in [6, 6.07) is 12.0.